The zero-order valence-electron chi connectivity index (χ0n) is 11.9. The van der Waals surface area contributed by atoms with Crippen molar-refractivity contribution in [2.75, 3.05) is 13.2 Å². The first-order valence-corrected chi connectivity index (χ1v) is 8.69. The van der Waals surface area contributed by atoms with E-state index in [-0.39, 0.29) is 24.8 Å². The standard InChI is InChI=1S/C15H14BrNO3S2/c1-2-20-13(18)6-7-17-14(19)12(22-15(17)21)9-10-4-3-5-11(16)8-10/h3-5,8-9H,2,6-7H2,1H3/b12-9+. The van der Waals surface area contributed by atoms with Crippen molar-refractivity contribution in [3.05, 3.63) is 39.2 Å². The first kappa shape index (κ1) is 17.2. The number of halogens is 1. The molecule has 1 amide bonds. The lowest BCUT2D eigenvalue weighted by atomic mass is 10.2. The third-order valence-electron chi connectivity index (χ3n) is 2.86. The number of ether oxygens (including phenoxy) is 1. The van der Waals surface area contributed by atoms with Crippen LogP contribution in [0.4, 0.5) is 0 Å². The highest BCUT2D eigenvalue weighted by Crippen LogP contribution is 2.32. The quantitative estimate of drug-likeness (QED) is 0.429. The number of thioether (sulfide) groups is 1. The van der Waals surface area contributed by atoms with Crippen LogP contribution in [0.15, 0.2) is 33.6 Å². The molecule has 1 aromatic rings. The maximum atomic E-state index is 12.4. The van der Waals surface area contributed by atoms with E-state index in [4.69, 9.17) is 17.0 Å². The largest absolute Gasteiger partial charge is 0.466 e. The van der Waals surface area contributed by atoms with Crippen LogP contribution in [-0.2, 0) is 14.3 Å². The maximum absolute atomic E-state index is 12.4. The zero-order chi connectivity index (χ0) is 16.1. The molecule has 0 spiro atoms. The van der Waals surface area contributed by atoms with Gasteiger partial charge in [0, 0.05) is 11.0 Å². The van der Waals surface area contributed by atoms with E-state index in [9.17, 15) is 9.59 Å². The number of carbonyl (C=O) groups is 2. The van der Waals surface area contributed by atoms with E-state index in [1.54, 1.807) is 13.0 Å². The summed E-state index contributed by atoms with van der Waals surface area (Å²) in [4.78, 5) is 25.8. The summed E-state index contributed by atoms with van der Waals surface area (Å²) in [7, 11) is 0. The first-order valence-electron chi connectivity index (χ1n) is 6.68. The molecule has 1 aromatic carbocycles. The molecule has 0 aliphatic carbocycles. The second-order valence-corrected chi connectivity index (χ2v) is 7.03. The van der Waals surface area contributed by atoms with Crippen LogP contribution in [0.1, 0.15) is 18.9 Å². The number of amides is 1. The number of esters is 1. The van der Waals surface area contributed by atoms with Gasteiger partial charge in [-0.05, 0) is 30.7 Å². The van der Waals surface area contributed by atoms with Gasteiger partial charge in [-0.1, -0.05) is 52.0 Å². The molecule has 0 atom stereocenters. The molecule has 1 fully saturated rings. The Morgan fingerprint density at radius 2 is 2.27 bits per heavy atom. The van der Waals surface area contributed by atoms with Gasteiger partial charge in [-0.15, -0.1) is 0 Å². The van der Waals surface area contributed by atoms with E-state index in [0.29, 0.717) is 15.8 Å². The summed E-state index contributed by atoms with van der Waals surface area (Å²) in [5.41, 5.74) is 0.917. The molecule has 2 rings (SSSR count). The Hall–Kier alpha value is -1.18. The van der Waals surface area contributed by atoms with Crippen LogP contribution in [0, 0.1) is 0 Å². The Bertz CT molecular complexity index is 645. The normalized spacial score (nSPS) is 16.5. The van der Waals surface area contributed by atoms with E-state index < -0.39 is 0 Å². The van der Waals surface area contributed by atoms with Crippen LogP contribution in [-0.4, -0.2) is 34.2 Å². The fourth-order valence-electron chi connectivity index (χ4n) is 1.88. The van der Waals surface area contributed by atoms with Gasteiger partial charge in [0.25, 0.3) is 5.91 Å². The van der Waals surface area contributed by atoms with E-state index in [0.717, 1.165) is 10.0 Å². The van der Waals surface area contributed by atoms with Gasteiger partial charge in [0.1, 0.15) is 4.32 Å². The summed E-state index contributed by atoms with van der Waals surface area (Å²) in [6.45, 7) is 2.33. The SMILES string of the molecule is CCOC(=O)CCN1C(=O)/C(=C\c2cccc(Br)c2)SC1=S. The van der Waals surface area contributed by atoms with Gasteiger partial charge in [0.2, 0.25) is 0 Å². The minimum absolute atomic E-state index is 0.143. The molecular weight excluding hydrogens is 386 g/mol. The molecule has 0 aromatic heterocycles. The Labute approximate surface area is 147 Å². The van der Waals surface area contributed by atoms with Crippen molar-refractivity contribution in [3.8, 4) is 0 Å². The van der Waals surface area contributed by atoms with Crippen molar-refractivity contribution in [1.82, 2.24) is 4.90 Å². The van der Waals surface area contributed by atoms with E-state index in [2.05, 4.69) is 15.9 Å². The van der Waals surface area contributed by atoms with Crippen LogP contribution < -0.4 is 0 Å². The van der Waals surface area contributed by atoms with Gasteiger partial charge < -0.3 is 4.74 Å². The van der Waals surface area contributed by atoms with Gasteiger partial charge in [-0.25, -0.2) is 0 Å². The number of benzene rings is 1. The lowest BCUT2D eigenvalue weighted by Gasteiger charge is -2.13. The van der Waals surface area contributed by atoms with Crippen LogP contribution in [0.5, 0.6) is 0 Å². The molecule has 4 nitrogen and oxygen atoms in total. The maximum Gasteiger partial charge on any atom is 0.307 e. The number of nitrogens with zero attached hydrogens (tertiary/aromatic N) is 1. The summed E-state index contributed by atoms with van der Waals surface area (Å²) in [6, 6.07) is 7.65. The second kappa shape index (κ2) is 7.89. The Morgan fingerprint density at radius 1 is 1.50 bits per heavy atom. The van der Waals surface area contributed by atoms with Gasteiger partial charge >= 0.3 is 5.97 Å². The first-order chi connectivity index (χ1) is 10.5. The Kier molecular flexibility index (Phi) is 6.16. The molecule has 1 aliphatic heterocycles. The molecule has 1 saturated heterocycles. The monoisotopic (exact) mass is 399 g/mol. The lowest BCUT2D eigenvalue weighted by molar-refractivity contribution is -0.143. The summed E-state index contributed by atoms with van der Waals surface area (Å²) < 4.78 is 6.27. The smallest absolute Gasteiger partial charge is 0.307 e. The number of rotatable bonds is 5. The van der Waals surface area contributed by atoms with Crippen LogP contribution in [0.2, 0.25) is 0 Å². The molecule has 1 aliphatic rings. The number of hydrogen-bond donors (Lipinski definition) is 0. The average Bonchev–Trinajstić information content (AvgIpc) is 2.72. The van der Waals surface area contributed by atoms with E-state index in [1.807, 2.05) is 24.3 Å². The topological polar surface area (TPSA) is 46.6 Å². The molecule has 0 bridgehead atoms. The fraction of sp³-hybridized carbons (Fsp3) is 0.267. The summed E-state index contributed by atoms with van der Waals surface area (Å²) in [5.74, 6) is -0.494. The van der Waals surface area contributed by atoms with Crippen molar-refractivity contribution < 1.29 is 14.3 Å². The van der Waals surface area contributed by atoms with Crippen molar-refractivity contribution >= 4 is 62.2 Å². The van der Waals surface area contributed by atoms with Crippen LogP contribution >= 0.6 is 39.9 Å². The minimum Gasteiger partial charge on any atom is -0.466 e. The summed E-state index contributed by atoms with van der Waals surface area (Å²) >= 11 is 9.87. The molecule has 0 unspecified atom stereocenters. The fourth-order valence-corrected chi connectivity index (χ4v) is 3.60. The van der Waals surface area contributed by atoms with Crippen molar-refractivity contribution in [2.45, 2.75) is 13.3 Å². The molecule has 0 radical (unpaired) electrons. The third kappa shape index (κ3) is 4.41. The molecule has 7 heteroatoms. The molecular formula is C15H14BrNO3S2. The Balaban J connectivity index is 2.06. The molecule has 0 saturated carbocycles. The van der Waals surface area contributed by atoms with Gasteiger partial charge in [-0.2, -0.15) is 0 Å². The predicted molar refractivity (Wildman–Crippen MR) is 95.3 cm³/mol. The van der Waals surface area contributed by atoms with Crippen molar-refractivity contribution in [3.63, 3.8) is 0 Å². The highest BCUT2D eigenvalue weighted by atomic mass is 79.9. The van der Waals surface area contributed by atoms with E-state index >= 15 is 0 Å². The predicted octanol–water partition coefficient (Wildman–Crippen LogP) is 3.60. The summed E-state index contributed by atoms with van der Waals surface area (Å²) in [5, 5.41) is 0. The highest BCUT2D eigenvalue weighted by molar-refractivity contribution is 9.10. The lowest BCUT2D eigenvalue weighted by Crippen LogP contribution is -2.30. The van der Waals surface area contributed by atoms with Gasteiger partial charge in [0.15, 0.2) is 0 Å². The summed E-state index contributed by atoms with van der Waals surface area (Å²) in [6.07, 6.45) is 1.94. The molecule has 22 heavy (non-hydrogen) atoms. The molecule has 1 heterocycles. The van der Waals surface area contributed by atoms with Crippen molar-refractivity contribution in [1.29, 1.82) is 0 Å². The highest BCUT2D eigenvalue weighted by Gasteiger charge is 2.32. The minimum atomic E-state index is -0.326. The molecule has 116 valence electrons. The van der Waals surface area contributed by atoms with Gasteiger partial charge in [0.05, 0.1) is 17.9 Å². The van der Waals surface area contributed by atoms with Crippen LogP contribution in [0.3, 0.4) is 0 Å². The number of hydrogen-bond acceptors (Lipinski definition) is 5. The molecule has 0 N–H and O–H groups in total. The number of thiocarbonyl (C=S) groups is 1. The van der Waals surface area contributed by atoms with E-state index in [1.165, 1.54) is 16.7 Å². The second-order valence-electron chi connectivity index (χ2n) is 4.44. The van der Waals surface area contributed by atoms with Crippen molar-refractivity contribution in [2.24, 2.45) is 0 Å². The Morgan fingerprint density at radius 3 is 2.95 bits per heavy atom. The van der Waals surface area contributed by atoms with Crippen LogP contribution in [0.25, 0.3) is 6.08 Å². The average molecular weight is 400 g/mol. The number of carbonyl (C=O) groups excluding carboxylic acids is 2. The zero-order valence-corrected chi connectivity index (χ0v) is 15.1. The third-order valence-corrected chi connectivity index (χ3v) is 4.74. The van der Waals surface area contributed by atoms with Gasteiger partial charge in [-0.3, -0.25) is 14.5 Å².